The first-order chi connectivity index (χ1) is 8.69. The Labute approximate surface area is 109 Å². The van der Waals surface area contributed by atoms with Gasteiger partial charge in [-0.2, -0.15) is 0 Å². The number of aliphatic hydroxyl groups is 2. The van der Waals surface area contributed by atoms with Crippen LogP contribution in [0.25, 0.3) is 0 Å². The van der Waals surface area contributed by atoms with Gasteiger partial charge in [-0.25, -0.2) is 0 Å². The predicted octanol–water partition coefficient (Wildman–Crippen LogP) is 1.48. The van der Waals surface area contributed by atoms with Crippen LogP contribution in [0.3, 0.4) is 0 Å². The molecule has 0 bridgehead atoms. The maximum Gasteiger partial charge on any atom is 0.119 e. The van der Waals surface area contributed by atoms with Crippen LogP contribution < -0.4 is 10.1 Å². The van der Waals surface area contributed by atoms with Crippen molar-refractivity contribution in [3.63, 3.8) is 0 Å². The quantitative estimate of drug-likeness (QED) is 0.614. The van der Waals surface area contributed by atoms with Crippen LogP contribution in [0.1, 0.15) is 31.9 Å². The van der Waals surface area contributed by atoms with Crippen molar-refractivity contribution in [1.82, 2.24) is 5.32 Å². The van der Waals surface area contributed by atoms with E-state index in [-0.39, 0.29) is 12.6 Å². The number of nitrogens with one attached hydrogen (secondary N) is 1. The normalized spacial score (nSPS) is 14.2. The number of ether oxygens (including phenoxy) is 1. The van der Waals surface area contributed by atoms with Gasteiger partial charge >= 0.3 is 0 Å². The summed E-state index contributed by atoms with van der Waals surface area (Å²) < 4.78 is 5.36. The molecule has 0 fully saturated rings. The molecule has 0 aliphatic rings. The highest BCUT2D eigenvalue weighted by Gasteiger charge is 2.15. The van der Waals surface area contributed by atoms with Crippen LogP contribution in [-0.2, 0) is 0 Å². The van der Waals surface area contributed by atoms with Crippen molar-refractivity contribution in [2.45, 2.75) is 32.4 Å². The lowest BCUT2D eigenvalue weighted by molar-refractivity contribution is 0.134. The molecule has 0 heterocycles. The van der Waals surface area contributed by atoms with Gasteiger partial charge in [0.2, 0.25) is 0 Å². The van der Waals surface area contributed by atoms with Crippen molar-refractivity contribution < 1.29 is 14.9 Å². The van der Waals surface area contributed by atoms with Crippen molar-refractivity contribution in [3.05, 3.63) is 29.8 Å². The smallest absolute Gasteiger partial charge is 0.119 e. The summed E-state index contributed by atoms with van der Waals surface area (Å²) in [5.41, 5.74) is 0.863. The van der Waals surface area contributed by atoms with Crippen LogP contribution in [0.2, 0.25) is 0 Å². The van der Waals surface area contributed by atoms with Gasteiger partial charge in [0.15, 0.2) is 0 Å². The highest BCUT2D eigenvalue weighted by Crippen LogP contribution is 2.20. The first-order valence-corrected chi connectivity index (χ1v) is 6.44. The van der Waals surface area contributed by atoms with Crippen LogP contribution >= 0.6 is 0 Å². The second-order valence-electron chi connectivity index (χ2n) is 4.27. The van der Waals surface area contributed by atoms with Gasteiger partial charge in [0.05, 0.1) is 12.7 Å². The summed E-state index contributed by atoms with van der Waals surface area (Å²) in [4.78, 5) is 0. The molecule has 0 aromatic heterocycles. The van der Waals surface area contributed by atoms with Gasteiger partial charge in [-0.3, -0.25) is 0 Å². The number of rotatable bonds is 8. The third kappa shape index (κ3) is 4.64. The molecule has 0 radical (unpaired) electrons. The van der Waals surface area contributed by atoms with Crippen molar-refractivity contribution in [3.8, 4) is 5.75 Å². The first kappa shape index (κ1) is 15.0. The topological polar surface area (TPSA) is 61.7 Å². The summed E-state index contributed by atoms with van der Waals surface area (Å²) in [6, 6.07) is 7.43. The average molecular weight is 253 g/mol. The minimum Gasteiger partial charge on any atom is -0.494 e. The van der Waals surface area contributed by atoms with E-state index in [0.29, 0.717) is 19.6 Å². The van der Waals surface area contributed by atoms with Crippen molar-refractivity contribution in [2.24, 2.45) is 0 Å². The van der Waals surface area contributed by atoms with E-state index in [4.69, 9.17) is 9.84 Å². The maximum atomic E-state index is 10.1. The third-order valence-electron chi connectivity index (χ3n) is 2.81. The molecule has 4 heteroatoms. The average Bonchev–Trinajstić information content (AvgIpc) is 2.39. The Balaban J connectivity index is 2.51. The minimum absolute atomic E-state index is 0.0468. The zero-order valence-corrected chi connectivity index (χ0v) is 11.1. The van der Waals surface area contributed by atoms with Gasteiger partial charge in [0, 0.05) is 12.6 Å². The molecule has 1 rings (SSSR count). The van der Waals surface area contributed by atoms with E-state index >= 15 is 0 Å². The van der Waals surface area contributed by atoms with Crippen LogP contribution in [-0.4, -0.2) is 36.0 Å². The zero-order valence-electron chi connectivity index (χ0n) is 11.1. The number of hydrogen-bond acceptors (Lipinski definition) is 4. The van der Waals surface area contributed by atoms with E-state index in [0.717, 1.165) is 11.3 Å². The molecule has 0 amide bonds. The third-order valence-corrected chi connectivity index (χ3v) is 2.81. The molecule has 0 aliphatic heterocycles. The standard InChI is InChI=1S/C14H23NO3/c1-3-18-13-7-5-12(6-8-13)14(17)11(2)15-9-4-10-16/h5-8,11,14-17H,3-4,9-10H2,1-2H3. The van der Waals surface area contributed by atoms with E-state index in [9.17, 15) is 5.11 Å². The summed E-state index contributed by atoms with van der Waals surface area (Å²) >= 11 is 0. The molecule has 2 atom stereocenters. The number of hydrogen-bond donors (Lipinski definition) is 3. The lowest BCUT2D eigenvalue weighted by Gasteiger charge is -2.20. The Kier molecular flexibility index (Phi) is 6.72. The zero-order chi connectivity index (χ0) is 13.4. The van der Waals surface area contributed by atoms with E-state index in [1.165, 1.54) is 0 Å². The molecule has 0 aliphatic carbocycles. The largest absolute Gasteiger partial charge is 0.494 e. The summed E-state index contributed by atoms with van der Waals surface area (Å²) in [6.07, 6.45) is 0.139. The Morgan fingerprint density at radius 2 is 1.94 bits per heavy atom. The fraction of sp³-hybridized carbons (Fsp3) is 0.571. The second kappa shape index (κ2) is 8.08. The van der Waals surface area contributed by atoms with Crippen molar-refractivity contribution in [1.29, 1.82) is 0 Å². The number of benzene rings is 1. The molecule has 1 aromatic carbocycles. The van der Waals surface area contributed by atoms with Gasteiger partial charge in [-0.1, -0.05) is 12.1 Å². The van der Waals surface area contributed by atoms with Gasteiger partial charge in [-0.15, -0.1) is 0 Å². The fourth-order valence-corrected chi connectivity index (χ4v) is 1.74. The van der Waals surface area contributed by atoms with Crippen LogP contribution in [0.15, 0.2) is 24.3 Å². The van der Waals surface area contributed by atoms with Crippen LogP contribution in [0, 0.1) is 0 Å². The Hall–Kier alpha value is -1.10. The Bertz CT molecular complexity index is 326. The van der Waals surface area contributed by atoms with Crippen molar-refractivity contribution >= 4 is 0 Å². The molecule has 3 N–H and O–H groups in total. The minimum atomic E-state index is -0.556. The SMILES string of the molecule is CCOc1ccc(C(O)C(C)NCCCO)cc1. The van der Waals surface area contributed by atoms with Gasteiger partial charge in [-0.05, 0) is 44.5 Å². The molecule has 0 spiro atoms. The second-order valence-corrected chi connectivity index (χ2v) is 4.27. The summed E-state index contributed by atoms with van der Waals surface area (Å²) in [5, 5.41) is 22.0. The van der Waals surface area contributed by atoms with E-state index in [1.807, 2.05) is 38.1 Å². The summed E-state index contributed by atoms with van der Waals surface area (Å²) in [6.45, 7) is 5.38. The molecular weight excluding hydrogens is 230 g/mol. The van der Waals surface area contributed by atoms with Crippen LogP contribution in [0.4, 0.5) is 0 Å². The molecule has 2 unspecified atom stereocenters. The molecule has 0 saturated carbocycles. The van der Waals surface area contributed by atoms with Gasteiger partial charge < -0.3 is 20.3 Å². The molecule has 102 valence electrons. The van der Waals surface area contributed by atoms with E-state index < -0.39 is 6.10 Å². The monoisotopic (exact) mass is 253 g/mol. The first-order valence-electron chi connectivity index (χ1n) is 6.44. The van der Waals surface area contributed by atoms with Crippen LogP contribution in [0.5, 0.6) is 5.75 Å². The Morgan fingerprint density at radius 3 is 2.50 bits per heavy atom. The lowest BCUT2D eigenvalue weighted by Crippen LogP contribution is -2.33. The van der Waals surface area contributed by atoms with Gasteiger partial charge in [0.25, 0.3) is 0 Å². The predicted molar refractivity (Wildman–Crippen MR) is 71.7 cm³/mol. The highest BCUT2D eigenvalue weighted by molar-refractivity contribution is 5.29. The highest BCUT2D eigenvalue weighted by atomic mass is 16.5. The molecular formula is C14H23NO3. The molecule has 0 saturated heterocycles. The number of aliphatic hydroxyl groups excluding tert-OH is 2. The van der Waals surface area contributed by atoms with E-state index in [2.05, 4.69) is 5.32 Å². The fourth-order valence-electron chi connectivity index (χ4n) is 1.74. The lowest BCUT2D eigenvalue weighted by atomic mass is 10.0. The van der Waals surface area contributed by atoms with Gasteiger partial charge in [0.1, 0.15) is 5.75 Å². The Morgan fingerprint density at radius 1 is 1.28 bits per heavy atom. The maximum absolute atomic E-state index is 10.1. The molecule has 4 nitrogen and oxygen atoms in total. The van der Waals surface area contributed by atoms with Crippen molar-refractivity contribution in [2.75, 3.05) is 19.8 Å². The molecule has 18 heavy (non-hydrogen) atoms. The van der Waals surface area contributed by atoms with E-state index in [1.54, 1.807) is 0 Å². The summed E-state index contributed by atoms with van der Waals surface area (Å²) in [7, 11) is 0. The molecule has 1 aromatic rings. The summed E-state index contributed by atoms with van der Waals surface area (Å²) in [5.74, 6) is 0.814.